The maximum absolute atomic E-state index is 10.9. The summed E-state index contributed by atoms with van der Waals surface area (Å²) in [5.41, 5.74) is 0.768. The first-order valence-corrected chi connectivity index (χ1v) is 7.42. The highest BCUT2D eigenvalue weighted by molar-refractivity contribution is 7.81. The molecule has 0 aliphatic carbocycles. The summed E-state index contributed by atoms with van der Waals surface area (Å²) in [6.45, 7) is 0.270. The van der Waals surface area contributed by atoms with Crippen LogP contribution in [0.15, 0.2) is 36.4 Å². The molecule has 0 saturated heterocycles. The summed E-state index contributed by atoms with van der Waals surface area (Å²) in [7, 11) is 0. The van der Waals surface area contributed by atoms with E-state index in [9.17, 15) is 15.0 Å². The molecule has 2 N–H and O–H groups in total. The van der Waals surface area contributed by atoms with Crippen molar-refractivity contribution >= 4 is 29.4 Å². The number of aromatic hydroxyl groups is 1. The van der Waals surface area contributed by atoms with Gasteiger partial charge in [0.05, 0.1) is 18.5 Å². The number of thiol groups is 1. The number of fused-ring (bicyclic) bond motifs is 1. The Labute approximate surface area is 128 Å². The number of hydrogen-bond donors (Lipinski definition) is 3. The lowest BCUT2D eigenvalue weighted by Gasteiger charge is -2.14. The Bertz CT molecular complexity index is 627. The molecule has 21 heavy (non-hydrogen) atoms. The Hall–Kier alpha value is -1.72. The summed E-state index contributed by atoms with van der Waals surface area (Å²) >= 11 is 3.82. The molecule has 0 amide bonds. The molecule has 0 unspecified atom stereocenters. The van der Waals surface area contributed by atoms with Crippen LogP contribution < -0.4 is 0 Å². The number of ether oxygens (including phenoxy) is 1. The first kappa shape index (κ1) is 15.7. The third-order valence-corrected chi connectivity index (χ3v) is 3.57. The average molecular weight is 306 g/mol. The minimum Gasteiger partial charge on any atom is -0.507 e. The van der Waals surface area contributed by atoms with Gasteiger partial charge in [0, 0.05) is 5.39 Å². The van der Waals surface area contributed by atoms with Gasteiger partial charge in [0.15, 0.2) is 0 Å². The third-order valence-electron chi connectivity index (χ3n) is 3.31. The SMILES string of the molecule is O=C(CS)OCCC[C@@H](O)c1ccc(O)c2ccccc12. The number of esters is 1. The van der Waals surface area contributed by atoms with Crippen LogP contribution in [0, 0.1) is 0 Å². The number of rotatable bonds is 6. The van der Waals surface area contributed by atoms with Crippen molar-refractivity contribution < 1.29 is 19.7 Å². The van der Waals surface area contributed by atoms with Gasteiger partial charge in [-0.2, -0.15) is 12.6 Å². The second kappa shape index (κ2) is 7.33. The van der Waals surface area contributed by atoms with Gasteiger partial charge in [0.25, 0.3) is 0 Å². The molecular formula is C16H18O4S. The molecule has 5 heteroatoms. The van der Waals surface area contributed by atoms with E-state index in [1.807, 2.05) is 24.3 Å². The molecule has 0 aliphatic rings. The van der Waals surface area contributed by atoms with Gasteiger partial charge < -0.3 is 14.9 Å². The number of carbonyl (C=O) groups excluding carboxylic acids is 1. The smallest absolute Gasteiger partial charge is 0.315 e. The predicted molar refractivity (Wildman–Crippen MR) is 84.6 cm³/mol. The van der Waals surface area contributed by atoms with Crippen molar-refractivity contribution in [3.05, 3.63) is 42.0 Å². The summed E-state index contributed by atoms with van der Waals surface area (Å²) in [5.74, 6) is -0.0994. The van der Waals surface area contributed by atoms with Crippen molar-refractivity contribution in [3.8, 4) is 5.75 Å². The molecule has 0 bridgehead atoms. The van der Waals surface area contributed by atoms with E-state index in [-0.39, 0.29) is 24.1 Å². The molecule has 0 saturated carbocycles. The van der Waals surface area contributed by atoms with E-state index >= 15 is 0 Å². The van der Waals surface area contributed by atoms with E-state index in [1.165, 1.54) is 0 Å². The fraction of sp³-hybridized carbons (Fsp3) is 0.312. The van der Waals surface area contributed by atoms with Crippen molar-refractivity contribution in [3.63, 3.8) is 0 Å². The van der Waals surface area contributed by atoms with Gasteiger partial charge in [-0.25, -0.2) is 0 Å². The topological polar surface area (TPSA) is 66.8 Å². The Morgan fingerprint density at radius 1 is 1.19 bits per heavy atom. The molecule has 0 spiro atoms. The lowest BCUT2D eigenvalue weighted by Crippen LogP contribution is -2.08. The first-order valence-electron chi connectivity index (χ1n) is 6.78. The largest absolute Gasteiger partial charge is 0.507 e. The van der Waals surface area contributed by atoms with Gasteiger partial charge in [-0.05, 0) is 29.9 Å². The van der Waals surface area contributed by atoms with E-state index in [2.05, 4.69) is 12.6 Å². The molecule has 2 aromatic carbocycles. The van der Waals surface area contributed by atoms with Gasteiger partial charge in [-0.3, -0.25) is 4.79 Å². The summed E-state index contributed by atoms with van der Waals surface area (Å²) in [6.07, 6.45) is 0.384. The minimum atomic E-state index is -0.662. The molecule has 2 aromatic rings. The number of aliphatic hydroxyl groups excluding tert-OH is 1. The van der Waals surface area contributed by atoms with Crippen LogP contribution in [-0.4, -0.2) is 28.5 Å². The second-order valence-electron chi connectivity index (χ2n) is 4.76. The lowest BCUT2D eigenvalue weighted by molar-refractivity contribution is -0.140. The maximum Gasteiger partial charge on any atom is 0.315 e. The number of aliphatic hydroxyl groups is 1. The standard InChI is InChI=1S/C16H18O4S/c17-14(6-3-9-20-16(19)10-21)13-7-8-15(18)12-5-2-1-4-11(12)13/h1-2,4-5,7-8,14,17-18,21H,3,6,9-10H2/t14-/m1/s1. The molecule has 2 rings (SSSR count). The van der Waals surface area contributed by atoms with Crippen LogP contribution in [0.25, 0.3) is 10.8 Å². The monoisotopic (exact) mass is 306 g/mol. The fourth-order valence-corrected chi connectivity index (χ4v) is 2.35. The van der Waals surface area contributed by atoms with Crippen LogP contribution in [0.2, 0.25) is 0 Å². The van der Waals surface area contributed by atoms with E-state index in [0.29, 0.717) is 12.8 Å². The first-order chi connectivity index (χ1) is 10.1. The number of benzene rings is 2. The third kappa shape index (κ3) is 3.89. The Morgan fingerprint density at radius 3 is 2.62 bits per heavy atom. The lowest BCUT2D eigenvalue weighted by atomic mass is 9.97. The second-order valence-corrected chi connectivity index (χ2v) is 5.07. The van der Waals surface area contributed by atoms with Crippen LogP contribution >= 0.6 is 12.6 Å². The highest BCUT2D eigenvalue weighted by Gasteiger charge is 2.13. The van der Waals surface area contributed by atoms with E-state index in [0.717, 1.165) is 16.3 Å². The molecule has 0 aromatic heterocycles. The minimum absolute atomic E-state index is 0.0607. The Balaban J connectivity index is 2.04. The van der Waals surface area contributed by atoms with E-state index in [4.69, 9.17) is 4.74 Å². The van der Waals surface area contributed by atoms with Gasteiger partial charge in [0.1, 0.15) is 5.75 Å². The summed E-state index contributed by atoms with van der Waals surface area (Å²) in [5, 5.41) is 21.7. The van der Waals surface area contributed by atoms with Crippen molar-refractivity contribution in [1.82, 2.24) is 0 Å². The molecule has 112 valence electrons. The molecular weight excluding hydrogens is 288 g/mol. The molecule has 0 radical (unpaired) electrons. The Morgan fingerprint density at radius 2 is 1.90 bits per heavy atom. The van der Waals surface area contributed by atoms with E-state index in [1.54, 1.807) is 12.1 Å². The number of phenols is 1. The molecule has 0 heterocycles. The highest BCUT2D eigenvalue weighted by Crippen LogP contribution is 2.32. The Kier molecular flexibility index (Phi) is 5.47. The fourth-order valence-electron chi connectivity index (χ4n) is 2.26. The molecule has 4 nitrogen and oxygen atoms in total. The average Bonchev–Trinajstić information content (AvgIpc) is 2.51. The van der Waals surface area contributed by atoms with Crippen LogP contribution in [-0.2, 0) is 9.53 Å². The van der Waals surface area contributed by atoms with Crippen LogP contribution in [0.3, 0.4) is 0 Å². The quantitative estimate of drug-likeness (QED) is 0.436. The molecule has 1 atom stereocenters. The van der Waals surface area contributed by atoms with Gasteiger partial charge >= 0.3 is 5.97 Å². The summed E-state index contributed by atoms with van der Waals surface area (Å²) in [6, 6.07) is 10.7. The van der Waals surface area contributed by atoms with Crippen molar-refractivity contribution in [2.24, 2.45) is 0 Å². The highest BCUT2D eigenvalue weighted by atomic mass is 32.1. The normalized spacial score (nSPS) is 12.3. The van der Waals surface area contributed by atoms with Crippen LogP contribution in [0.5, 0.6) is 5.75 Å². The molecule has 0 fully saturated rings. The zero-order valence-electron chi connectivity index (χ0n) is 11.5. The van der Waals surface area contributed by atoms with Crippen molar-refractivity contribution in [1.29, 1.82) is 0 Å². The number of hydrogen-bond acceptors (Lipinski definition) is 5. The maximum atomic E-state index is 10.9. The predicted octanol–water partition coefficient (Wildman–Crippen LogP) is 2.83. The zero-order chi connectivity index (χ0) is 15.2. The van der Waals surface area contributed by atoms with Gasteiger partial charge in [0.2, 0.25) is 0 Å². The number of carbonyl (C=O) groups is 1. The summed E-state index contributed by atoms with van der Waals surface area (Å²) < 4.78 is 4.92. The van der Waals surface area contributed by atoms with Crippen LogP contribution in [0.1, 0.15) is 24.5 Å². The van der Waals surface area contributed by atoms with Gasteiger partial charge in [-0.15, -0.1) is 0 Å². The summed E-state index contributed by atoms with van der Waals surface area (Å²) in [4.78, 5) is 10.9. The molecule has 0 aliphatic heterocycles. The van der Waals surface area contributed by atoms with Crippen LogP contribution in [0.4, 0.5) is 0 Å². The zero-order valence-corrected chi connectivity index (χ0v) is 12.4. The van der Waals surface area contributed by atoms with E-state index < -0.39 is 6.10 Å². The van der Waals surface area contributed by atoms with Crippen molar-refractivity contribution in [2.45, 2.75) is 18.9 Å². The van der Waals surface area contributed by atoms with Gasteiger partial charge in [-0.1, -0.05) is 30.3 Å². The van der Waals surface area contributed by atoms with Crippen molar-refractivity contribution in [2.75, 3.05) is 12.4 Å². The number of phenolic OH excluding ortho intramolecular Hbond substituents is 1.